The summed E-state index contributed by atoms with van der Waals surface area (Å²) in [7, 11) is -3.94. The number of benzene rings is 3. The number of halogens is 1. The number of carbonyl (C=O) groups excluding carboxylic acids is 2. The van der Waals surface area contributed by atoms with Gasteiger partial charge < -0.3 is 0 Å². The Labute approximate surface area is 217 Å². The lowest BCUT2D eigenvalue weighted by molar-refractivity contribution is 0.0616. The Kier molecular flexibility index (Phi) is 5.53. The average Bonchev–Trinajstić information content (AvgIpc) is 3.33. The summed E-state index contributed by atoms with van der Waals surface area (Å²) in [6.07, 6.45) is 0.545. The molecule has 2 aliphatic heterocycles. The van der Waals surface area contributed by atoms with Crippen LogP contribution >= 0.6 is 22.9 Å². The number of fused-ring (bicyclic) bond motifs is 3. The van der Waals surface area contributed by atoms with E-state index in [4.69, 9.17) is 11.6 Å². The fourth-order valence-corrected chi connectivity index (χ4v) is 8.83. The normalized spacial score (nSPS) is 18.1. The van der Waals surface area contributed by atoms with Crippen LogP contribution in [0.3, 0.4) is 0 Å². The van der Waals surface area contributed by atoms with Crippen molar-refractivity contribution in [2.75, 3.05) is 13.1 Å². The SMILES string of the molecule is Cc1c(S(=O)(=O)N2CCc3ccccc3[C@H]2CN2C(=O)c3ccccc3C2=O)sc2ccc(Cl)cc12. The molecule has 1 atom stereocenters. The lowest BCUT2D eigenvalue weighted by Crippen LogP contribution is -2.46. The number of rotatable bonds is 4. The van der Waals surface area contributed by atoms with Crippen molar-refractivity contribution in [3.8, 4) is 0 Å². The number of amides is 2. The van der Waals surface area contributed by atoms with Gasteiger partial charge in [-0.25, -0.2) is 8.42 Å². The van der Waals surface area contributed by atoms with Crippen LogP contribution in [0.1, 0.15) is 43.4 Å². The van der Waals surface area contributed by atoms with Crippen molar-refractivity contribution in [1.29, 1.82) is 0 Å². The molecule has 0 fully saturated rings. The van der Waals surface area contributed by atoms with Gasteiger partial charge >= 0.3 is 0 Å². The minimum atomic E-state index is -3.94. The molecule has 36 heavy (non-hydrogen) atoms. The molecule has 6 rings (SSSR count). The van der Waals surface area contributed by atoms with Gasteiger partial charge in [0.25, 0.3) is 21.8 Å². The highest BCUT2D eigenvalue weighted by Crippen LogP contribution is 2.41. The van der Waals surface area contributed by atoms with Crippen LogP contribution in [-0.4, -0.2) is 42.5 Å². The highest BCUT2D eigenvalue weighted by atomic mass is 35.5. The highest BCUT2D eigenvalue weighted by molar-refractivity contribution is 7.91. The third kappa shape index (κ3) is 3.51. The highest BCUT2D eigenvalue weighted by Gasteiger charge is 2.43. The quantitative estimate of drug-likeness (QED) is 0.325. The van der Waals surface area contributed by atoms with Crippen LogP contribution in [0.25, 0.3) is 10.1 Å². The molecule has 4 aromatic rings. The van der Waals surface area contributed by atoms with Crippen molar-refractivity contribution >= 4 is 54.9 Å². The van der Waals surface area contributed by atoms with Crippen molar-refractivity contribution < 1.29 is 18.0 Å². The molecule has 2 aliphatic rings. The molecule has 0 saturated carbocycles. The molecule has 6 nitrogen and oxygen atoms in total. The van der Waals surface area contributed by atoms with Gasteiger partial charge in [-0.2, -0.15) is 4.31 Å². The Balaban J connectivity index is 1.45. The molecule has 9 heteroatoms. The zero-order chi connectivity index (χ0) is 25.2. The van der Waals surface area contributed by atoms with Gasteiger partial charge in [-0.05, 0) is 65.8 Å². The van der Waals surface area contributed by atoms with Gasteiger partial charge in [0.05, 0.1) is 23.7 Å². The summed E-state index contributed by atoms with van der Waals surface area (Å²) in [6.45, 7) is 1.99. The van der Waals surface area contributed by atoms with Crippen LogP contribution < -0.4 is 0 Å². The van der Waals surface area contributed by atoms with E-state index in [1.165, 1.54) is 20.5 Å². The number of aryl methyl sites for hydroxylation is 1. The molecule has 0 bridgehead atoms. The Morgan fingerprint density at radius 2 is 1.64 bits per heavy atom. The second-order valence-corrected chi connectivity index (χ2v) is 12.6. The minimum absolute atomic E-state index is 0.0572. The molecule has 0 aliphatic carbocycles. The van der Waals surface area contributed by atoms with Crippen LogP contribution in [0, 0.1) is 6.92 Å². The Bertz CT molecular complexity index is 1640. The van der Waals surface area contributed by atoms with Gasteiger partial charge in [-0.3, -0.25) is 14.5 Å². The van der Waals surface area contributed by atoms with E-state index in [2.05, 4.69) is 0 Å². The van der Waals surface area contributed by atoms with E-state index in [1.54, 1.807) is 43.3 Å². The first kappa shape index (κ1) is 23.4. The van der Waals surface area contributed by atoms with E-state index in [9.17, 15) is 18.0 Å². The number of thiophene rings is 1. The number of carbonyl (C=O) groups is 2. The minimum Gasteiger partial charge on any atom is -0.272 e. The summed E-state index contributed by atoms with van der Waals surface area (Å²) in [5.41, 5.74) is 3.17. The third-order valence-corrected chi connectivity index (χ3v) is 11.0. The first-order valence-corrected chi connectivity index (χ1v) is 14.1. The summed E-state index contributed by atoms with van der Waals surface area (Å²) in [5.74, 6) is -0.799. The Hall–Kier alpha value is -3.04. The van der Waals surface area contributed by atoms with E-state index < -0.39 is 27.9 Å². The lowest BCUT2D eigenvalue weighted by atomic mass is 9.94. The van der Waals surface area contributed by atoms with Crippen molar-refractivity contribution in [2.24, 2.45) is 0 Å². The maximum absolute atomic E-state index is 14.2. The van der Waals surface area contributed by atoms with Crippen LogP contribution in [0.4, 0.5) is 0 Å². The molecule has 0 spiro atoms. The lowest BCUT2D eigenvalue weighted by Gasteiger charge is -2.37. The predicted octanol–water partition coefficient (Wildman–Crippen LogP) is 5.45. The van der Waals surface area contributed by atoms with E-state index in [0.717, 1.165) is 21.2 Å². The van der Waals surface area contributed by atoms with Gasteiger partial charge in [0.2, 0.25) is 0 Å². The van der Waals surface area contributed by atoms with Gasteiger partial charge in [0.15, 0.2) is 0 Å². The summed E-state index contributed by atoms with van der Waals surface area (Å²) in [6, 6.07) is 19.0. The molecule has 2 amide bonds. The maximum atomic E-state index is 14.2. The molecule has 0 saturated heterocycles. The topological polar surface area (TPSA) is 74.8 Å². The Morgan fingerprint density at radius 3 is 2.36 bits per heavy atom. The van der Waals surface area contributed by atoms with E-state index >= 15 is 0 Å². The van der Waals surface area contributed by atoms with Gasteiger partial charge in [-0.15, -0.1) is 11.3 Å². The second kappa shape index (κ2) is 8.52. The standard InChI is InChI=1S/C27H21ClN2O4S2/c1-16-22-14-18(28)10-11-24(22)35-27(16)36(33,34)30-13-12-17-6-2-3-7-19(17)23(30)15-29-25(31)20-8-4-5-9-21(20)26(29)32/h2-11,14,23H,12-13,15H2,1H3/t23-/m1/s1. The smallest absolute Gasteiger partial charge is 0.261 e. The fourth-order valence-electron chi connectivity index (χ4n) is 5.21. The summed E-state index contributed by atoms with van der Waals surface area (Å²) in [4.78, 5) is 27.5. The average molecular weight is 537 g/mol. The van der Waals surface area contributed by atoms with E-state index in [0.29, 0.717) is 28.1 Å². The number of imide groups is 1. The molecule has 182 valence electrons. The van der Waals surface area contributed by atoms with Gasteiger partial charge in [-0.1, -0.05) is 48.0 Å². The first-order valence-electron chi connectivity index (χ1n) is 11.5. The largest absolute Gasteiger partial charge is 0.272 e. The van der Waals surface area contributed by atoms with Crippen molar-refractivity contribution in [3.05, 3.63) is 99.6 Å². The number of sulfonamides is 1. The number of hydrogen-bond acceptors (Lipinski definition) is 5. The molecule has 3 aromatic carbocycles. The number of hydrogen-bond donors (Lipinski definition) is 0. The fraction of sp³-hybridized carbons (Fsp3) is 0.185. The molecular formula is C27H21ClN2O4S2. The number of nitrogens with zero attached hydrogens (tertiary/aromatic N) is 2. The first-order chi connectivity index (χ1) is 17.3. The second-order valence-electron chi connectivity index (χ2n) is 9.00. The summed E-state index contributed by atoms with van der Waals surface area (Å²) >= 11 is 7.39. The predicted molar refractivity (Wildman–Crippen MR) is 140 cm³/mol. The zero-order valence-corrected chi connectivity index (χ0v) is 21.7. The summed E-state index contributed by atoms with van der Waals surface area (Å²) < 4.78 is 30.9. The monoisotopic (exact) mass is 536 g/mol. The van der Waals surface area contributed by atoms with Crippen LogP contribution in [-0.2, 0) is 16.4 Å². The molecule has 0 unspecified atom stereocenters. The molecule has 0 N–H and O–H groups in total. The van der Waals surface area contributed by atoms with Gasteiger partial charge in [0.1, 0.15) is 4.21 Å². The molecular weight excluding hydrogens is 516 g/mol. The zero-order valence-electron chi connectivity index (χ0n) is 19.3. The van der Waals surface area contributed by atoms with Crippen molar-refractivity contribution in [1.82, 2.24) is 9.21 Å². The van der Waals surface area contributed by atoms with Crippen molar-refractivity contribution in [3.63, 3.8) is 0 Å². The van der Waals surface area contributed by atoms with E-state index in [-0.39, 0.29) is 17.3 Å². The van der Waals surface area contributed by atoms with Crippen LogP contribution in [0.2, 0.25) is 5.02 Å². The molecule has 0 radical (unpaired) electrons. The summed E-state index contributed by atoms with van der Waals surface area (Å²) in [5, 5.41) is 1.35. The van der Waals surface area contributed by atoms with Gasteiger partial charge in [0, 0.05) is 16.3 Å². The molecule has 3 heterocycles. The van der Waals surface area contributed by atoms with E-state index in [1.807, 2.05) is 30.3 Å². The molecule has 1 aromatic heterocycles. The Morgan fingerprint density at radius 1 is 0.972 bits per heavy atom. The third-order valence-electron chi connectivity index (χ3n) is 6.99. The van der Waals surface area contributed by atoms with Crippen LogP contribution in [0.15, 0.2) is 70.9 Å². The van der Waals surface area contributed by atoms with Crippen LogP contribution in [0.5, 0.6) is 0 Å². The maximum Gasteiger partial charge on any atom is 0.261 e. The van der Waals surface area contributed by atoms with Crippen molar-refractivity contribution in [2.45, 2.75) is 23.6 Å².